The van der Waals surface area contributed by atoms with Crippen molar-refractivity contribution in [2.45, 2.75) is 12.4 Å². The van der Waals surface area contributed by atoms with Crippen molar-refractivity contribution in [1.29, 1.82) is 0 Å². The first kappa shape index (κ1) is 11.7. The molecule has 0 bridgehead atoms. The number of alkyl halides is 1. The lowest BCUT2D eigenvalue weighted by atomic mass is 10.2. The fourth-order valence-electron chi connectivity index (χ4n) is 1.34. The van der Waals surface area contributed by atoms with E-state index in [0.717, 1.165) is 5.56 Å². The molecular weight excluding hydrogens is 240 g/mol. The fourth-order valence-corrected chi connectivity index (χ4v) is 1.49. The van der Waals surface area contributed by atoms with Crippen molar-refractivity contribution in [2.75, 3.05) is 0 Å². The van der Waals surface area contributed by atoms with E-state index >= 15 is 0 Å². The van der Waals surface area contributed by atoms with E-state index in [1.807, 2.05) is 12.1 Å². The molecule has 1 amide bonds. The minimum atomic E-state index is -0.252. The number of nitrogens with zero attached hydrogens (tertiary/aromatic N) is 1. The smallest absolute Gasteiger partial charge is 0.287 e. The lowest BCUT2D eigenvalue weighted by Gasteiger charge is -2.02. The highest BCUT2D eigenvalue weighted by atomic mass is 35.5. The summed E-state index contributed by atoms with van der Waals surface area (Å²) in [6, 6.07) is 6.98. The molecule has 0 aliphatic rings. The summed E-state index contributed by atoms with van der Waals surface area (Å²) in [6.07, 6.45) is 3.36. The molecule has 2 rings (SSSR count). The van der Waals surface area contributed by atoms with Crippen LogP contribution in [-0.4, -0.2) is 10.9 Å². The molecule has 5 heteroatoms. The predicted molar refractivity (Wildman–Crippen MR) is 63.7 cm³/mol. The zero-order chi connectivity index (χ0) is 12.1. The number of pyridine rings is 1. The molecule has 0 saturated carbocycles. The Kier molecular flexibility index (Phi) is 3.77. The van der Waals surface area contributed by atoms with Crippen LogP contribution in [0.2, 0.25) is 0 Å². The van der Waals surface area contributed by atoms with Crippen molar-refractivity contribution in [2.24, 2.45) is 0 Å². The number of hydrogen-bond acceptors (Lipinski definition) is 3. The number of furan rings is 1. The lowest BCUT2D eigenvalue weighted by Crippen LogP contribution is -2.22. The summed E-state index contributed by atoms with van der Waals surface area (Å²) in [5.41, 5.74) is 0.984. The van der Waals surface area contributed by atoms with Crippen molar-refractivity contribution in [1.82, 2.24) is 10.3 Å². The van der Waals surface area contributed by atoms with Gasteiger partial charge in [0.2, 0.25) is 0 Å². The molecule has 2 heterocycles. The average molecular weight is 251 g/mol. The van der Waals surface area contributed by atoms with Crippen LogP contribution < -0.4 is 5.32 Å². The molecule has 2 aromatic heterocycles. The van der Waals surface area contributed by atoms with Crippen molar-refractivity contribution in [3.05, 3.63) is 53.7 Å². The maximum atomic E-state index is 11.7. The van der Waals surface area contributed by atoms with Crippen LogP contribution in [0.3, 0.4) is 0 Å². The molecule has 1 N–H and O–H groups in total. The second kappa shape index (κ2) is 5.50. The molecule has 0 aliphatic heterocycles. The molecule has 2 aromatic rings. The Morgan fingerprint density at radius 1 is 1.29 bits per heavy atom. The first-order chi connectivity index (χ1) is 8.29. The van der Waals surface area contributed by atoms with Crippen molar-refractivity contribution in [3.8, 4) is 0 Å². The summed E-state index contributed by atoms with van der Waals surface area (Å²) in [5, 5.41) is 2.75. The largest absolute Gasteiger partial charge is 0.455 e. The standard InChI is InChI=1S/C12H11ClN2O2/c13-7-10-1-2-11(17-10)12(16)15-8-9-3-5-14-6-4-9/h1-6H,7-8H2,(H,15,16). The number of hydrogen-bond donors (Lipinski definition) is 1. The van der Waals surface area contributed by atoms with Gasteiger partial charge in [0.1, 0.15) is 5.76 Å². The van der Waals surface area contributed by atoms with Gasteiger partial charge in [-0.1, -0.05) is 0 Å². The monoisotopic (exact) mass is 250 g/mol. The Hall–Kier alpha value is -1.81. The van der Waals surface area contributed by atoms with E-state index in [2.05, 4.69) is 10.3 Å². The van der Waals surface area contributed by atoms with E-state index in [1.165, 1.54) is 0 Å². The maximum Gasteiger partial charge on any atom is 0.287 e. The topological polar surface area (TPSA) is 55.1 Å². The van der Waals surface area contributed by atoms with E-state index in [1.54, 1.807) is 24.5 Å². The third kappa shape index (κ3) is 3.07. The first-order valence-corrected chi connectivity index (χ1v) is 5.65. The van der Waals surface area contributed by atoms with Gasteiger partial charge < -0.3 is 9.73 Å². The molecule has 0 fully saturated rings. The molecule has 0 aromatic carbocycles. The molecular formula is C12H11ClN2O2. The van der Waals surface area contributed by atoms with Crippen LogP contribution in [0.25, 0.3) is 0 Å². The van der Waals surface area contributed by atoms with E-state index in [4.69, 9.17) is 16.0 Å². The minimum Gasteiger partial charge on any atom is -0.455 e. The van der Waals surface area contributed by atoms with Gasteiger partial charge in [-0.3, -0.25) is 9.78 Å². The Morgan fingerprint density at radius 2 is 2.06 bits per heavy atom. The highest BCUT2D eigenvalue weighted by Crippen LogP contribution is 2.10. The summed E-state index contributed by atoms with van der Waals surface area (Å²) in [5.74, 6) is 0.867. The molecule has 17 heavy (non-hydrogen) atoms. The lowest BCUT2D eigenvalue weighted by molar-refractivity contribution is 0.0921. The van der Waals surface area contributed by atoms with Gasteiger partial charge in [0.25, 0.3) is 5.91 Å². The van der Waals surface area contributed by atoms with E-state index in [-0.39, 0.29) is 17.5 Å². The zero-order valence-electron chi connectivity index (χ0n) is 9.02. The minimum absolute atomic E-state index is 0.252. The predicted octanol–water partition coefficient (Wildman–Crippen LogP) is 2.34. The Balaban J connectivity index is 1.93. The van der Waals surface area contributed by atoms with Gasteiger partial charge in [-0.2, -0.15) is 0 Å². The van der Waals surface area contributed by atoms with Crippen LogP contribution in [0, 0.1) is 0 Å². The quantitative estimate of drug-likeness (QED) is 0.848. The molecule has 0 saturated heterocycles. The van der Waals surface area contributed by atoms with Gasteiger partial charge in [-0.25, -0.2) is 0 Å². The second-order valence-corrected chi connectivity index (χ2v) is 3.70. The van der Waals surface area contributed by atoms with Crippen LogP contribution in [0.5, 0.6) is 0 Å². The normalized spacial score (nSPS) is 10.2. The van der Waals surface area contributed by atoms with Crippen molar-refractivity contribution < 1.29 is 9.21 Å². The molecule has 88 valence electrons. The molecule has 0 spiro atoms. The summed E-state index contributed by atoms with van der Waals surface area (Å²) in [7, 11) is 0. The molecule has 0 aliphatic carbocycles. The van der Waals surface area contributed by atoms with Gasteiger partial charge in [-0.05, 0) is 29.8 Å². The third-order valence-electron chi connectivity index (χ3n) is 2.22. The van der Waals surface area contributed by atoms with E-state index in [0.29, 0.717) is 12.3 Å². The third-order valence-corrected chi connectivity index (χ3v) is 2.48. The van der Waals surface area contributed by atoms with Crippen molar-refractivity contribution >= 4 is 17.5 Å². The SMILES string of the molecule is O=C(NCc1ccncc1)c1ccc(CCl)o1. The molecule has 0 unspecified atom stereocenters. The van der Waals surface area contributed by atoms with Gasteiger partial charge >= 0.3 is 0 Å². The first-order valence-electron chi connectivity index (χ1n) is 5.11. The Labute approximate surface area is 104 Å². The Bertz CT molecular complexity index is 496. The van der Waals surface area contributed by atoms with Gasteiger partial charge in [0.15, 0.2) is 5.76 Å². The highest BCUT2D eigenvalue weighted by molar-refractivity contribution is 6.16. The number of halogens is 1. The molecule has 0 radical (unpaired) electrons. The van der Waals surface area contributed by atoms with E-state index in [9.17, 15) is 4.79 Å². The number of carbonyl (C=O) groups is 1. The van der Waals surface area contributed by atoms with Crippen LogP contribution in [-0.2, 0) is 12.4 Å². The highest BCUT2D eigenvalue weighted by Gasteiger charge is 2.10. The number of aromatic nitrogens is 1. The van der Waals surface area contributed by atoms with Crippen LogP contribution >= 0.6 is 11.6 Å². The summed E-state index contributed by atoms with van der Waals surface area (Å²) in [6.45, 7) is 0.443. The fraction of sp³-hybridized carbons (Fsp3) is 0.167. The summed E-state index contributed by atoms with van der Waals surface area (Å²) in [4.78, 5) is 15.6. The number of carbonyl (C=O) groups excluding carboxylic acids is 1. The number of amides is 1. The summed E-state index contributed by atoms with van der Waals surface area (Å²) >= 11 is 5.59. The van der Waals surface area contributed by atoms with Crippen LogP contribution in [0.15, 0.2) is 41.1 Å². The zero-order valence-corrected chi connectivity index (χ0v) is 9.78. The van der Waals surface area contributed by atoms with Crippen LogP contribution in [0.1, 0.15) is 21.9 Å². The average Bonchev–Trinajstić information content (AvgIpc) is 2.86. The number of nitrogens with one attached hydrogen (secondary N) is 1. The number of rotatable bonds is 4. The Morgan fingerprint density at radius 3 is 2.71 bits per heavy atom. The summed E-state index contributed by atoms with van der Waals surface area (Å²) < 4.78 is 5.23. The van der Waals surface area contributed by atoms with Crippen molar-refractivity contribution in [3.63, 3.8) is 0 Å². The van der Waals surface area contributed by atoms with E-state index < -0.39 is 0 Å². The molecule has 4 nitrogen and oxygen atoms in total. The van der Waals surface area contributed by atoms with Gasteiger partial charge in [-0.15, -0.1) is 11.6 Å². The van der Waals surface area contributed by atoms with Gasteiger partial charge in [0.05, 0.1) is 5.88 Å². The second-order valence-electron chi connectivity index (χ2n) is 3.44. The maximum absolute atomic E-state index is 11.7. The van der Waals surface area contributed by atoms with Gasteiger partial charge in [0, 0.05) is 18.9 Å². The van der Waals surface area contributed by atoms with Crippen LogP contribution in [0.4, 0.5) is 0 Å². The molecule has 0 atom stereocenters.